The molecule has 2 N–H and O–H groups in total. The van der Waals surface area contributed by atoms with Crippen LogP contribution in [0.3, 0.4) is 0 Å². The van der Waals surface area contributed by atoms with Crippen molar-refractivity contribution in [2.45, 2.75) is 65.5 Å². The molecule has 0 bridgehead atoms. The predicted octanol–water partition coefficient (Wildman–Crippen LogP) is 3.47. The normalized spacial score (nSPS) is 19.6. The quantitative estimate of drug-likeness (QED) is 0.616. The largest absolute Gasteiger partial charge is 0.480 e. The van der Waals surface area contributed by atoms with Crippen molar-refractivity contribution in [1.29, 1.82) is 0 Å². The van der Waals surface area contributed by atoms with Gasteiger partial charge in [0.05, 0.1) is 15.2 Å². The minimum absolute atomic E-state index is 0.179. The van der Waals surface area contributed by atoms with E-state index in [2.05, 4.69) is 19.2 Å². The van der Waals surface area contributed by atoms with Gasteiger partial charge in [-0.2, -0.15) is 0 Å². The molecule has 31 heavy (non-hydrogen) atoms. The standard InChI is InChI=1S/C23H31N3O4S/c1-5-23(4,13-19-25-15-8-6-7-9-17(15)31-19)12-18(27)24-16-10-11-26(21(16)28)20(14(2)3)22(29)30/h6-9,14,16,20H,5,10-13H2,1-4H3,(H,24,27)(H,29,30). The Morgan fingerprint density at radius 2 is 2.06 bits per heavy atom. The van der Waals surface area contributed by atoms with Crippen molar-refractivity contribution >= 4 is 39.3 Å². The van der Waals surface area contributed by atoms with E-state index in [1.54, 1.807) is 25.2 Å². The molecular weight excluding hydrogens is 414 g/mol. The van der Waals surface area contributed by atoms with E-state index in [-0.39, 0.29) is 29.6 Å². The van der Waals surface area contributed by atoms with Crippen LogP contribution in [0.1, 0.15) is 52.0 Å². The number of para-hydroxylation sites is 1. The Morgan fingerprint density at radius 3 is 2.68 bits per heavy atom. The summed E-state index contributed by atoms with van der Waals surface area (Å²) in [5.41, 5.74) is 0.695. The van der Waals surface area contributed by atoms with Gasteiger partial charge in [0.15, 0.2) is 0 Å². The number of thiazole rings is 1. The van der Waals surface area contributed by atoms with Crippen LogP contribution in [0.15, 0.2) is 24.3 Å². The van der Waals surface area contributed by atoms with E-state index < -0.39 is 18.1 Å². The number of carboxylic acid groups (broad SMARTS) is 1. The van der Waals surface area contributed by atoms with Gasteiger partial charge in [0, 0.05) is 19.4 Å². The lowest BCUT2D eigenvalue weighted by atomic mass is 9.80. The van der Waals surface area contributed by atoms with E-state index >= 15 is 0 Å². The lowest BCUT2D eigenvalue weighted by molar-refractivity contribution is -0.150. The fourth-order valence-corrected chi connectivity index (χ4v) is 5.38. The van der Waals surface area contributed by atoms with Gasteiger partial charge < -0.3 is 15.3 Å². The summed E-state index contributed by atoms with van der Waals surface area (Å²) >= 11 is 1.65. The molecule has 1 aromatic carbocycles. The summed E-state index contributed by atoms with van der Waals surface area (Å²) in [5.74, 6) is -1.70. The molecule has 1 aromatic heterocycles. The first-order valence-electron chi connectivity index (χ1n) is 10.8. The maximum Gasteiger partial charge on any atom is 0.326 e. The van der Waals surface area contributed by atoms with Gasteiger partial charge in [-0.25, -0.2) is 9.78 Å². The average Bonchev–Trinajstić information content (AvgIpc) is 3.25. The number of hydrogen-bond acceptors (Lipinski definition) is 5. The lowest BCUT2D eigenvalue weighted by Gasteiger charge is -2.28. The molecule has 1 aliphatic rings. The van der Waals surface area contributed by atoms with Gasteiger partial charge in [-0.05, 0) is 36.3 Å². The number of benzene rings is 1. The Kier molecular flexibility index (Phi) is 6.99. The molecule has 0 radical (unpaired) electrons. The minimum atomic E-state index is -1.01. The highest BCUT2D eigenvalue weighted by atomic mass is 32.1. The van der Waals surface area contributed by atoms with E-state index in [0.29, 0.717) is 19.4 Å². The second-order valence-corrected chi connectivity index (χ2v) is 10.2. The van der Waals surface area contributed by atoms with Crippen molar-refractivity contribution < 1.29 is 19.5 Å². The third kappa shape index (κ3) is 5.23. The number of hydrogen-bond donors (Lipinski definition) is 2. The first kappa shape index (κ1) is 23.2. The molecule has 0 spiro atoms. The van der Waals surface area contributed by atoms with Gasteiger partial charge in [0.25, 0.3) is 0 Å². The molecule has 1 aliphatic heterocycles. The number of fused-ring (bicyclic) bond motifs is 1. The van der Waals surface area contributed by atoms with Crippen LogP contribution in [0, 0.1) is 11.3 Å². The molecular formula is C23H31N3O4S. The van der Waals surface area contributed by atoms with E-state index in [4.69, 9.17) is 4.98 Å². The first-order chi connectivity index (χ1) is 14.6. The highest BCUT2D eigenvalue weighted by molar-refractivity contribution is 7.18. The van der Waals surface area contributed by atoms with E-state index in [1.165, 1.54) is 4.90 Å². The molecule has 0 saturated carbocycles. The topological polar surface area (TPSA) is 99.6 Å². The Morgan fingerprint density at radius 1 is 1.35 bits per heavy atom. The third-order valence-corrected chi connectivity index (χ3v) is 7.19. The summed E-state index contributed by atoms with van der Waals surface area (Å²) in [5, 5.41) is 13.3. The number of rotatable bonds is 9. The zero-order valence-electron chi connectivity index (χ0n) is 18.6. The molecule has 3 atom stereocenters. The molecule has 7 nitrogen and oxygen atoms in total. The van der Waals surface area contributed by atoms with E-state index in [0.717, 1.165) is 21.6 Å². The number of aromatic nitrogens is 1. The van der Waals surface area contributed by atoms with Gasteiger partial charge in [0.2, 0.25) is 11.8 Å². The number of carbonyl (C=O) groups excluding carboxylic acids is 2. The van der Waals surface area contributed by atoms with Crippen LogP contribution in [-0.2, 0) is 20.8 Å². The smallest absolute Gasteiger partial charge is 0.326 e. The fraction of sp³-hybridized carbons (Fsp3) is 0.565. The Balaban J connectivity index is 1.63. The zero-order chi connectivity index (χ0) is 22.8. The van der Waals surface area contributed by atoms with Crippen LogP contribution in [0.5, 0.6) is 0 Å². The second-order valence-electron chi connectivity index (χ2n) is 9.06. The molecule has 3 rings (SSSR count). The second kappa shape index (κ2) is 9.34. The van der Waals surface area contributed by atoms with Gasteiger partial charge in [-0.15, -0.1) is 11.3 Å². The molecule has 3 unspecified atom stereocenters. The number of likely N-dealkylation sites (tertiary alicyclic amines) is 1. The SMILES string of the molecule is CCC(C)(CC(=O)NC1CCN(C(C(=O)O)C(C)C)C1=O)Cc1nc2ccccc2s1. The summed E-state index contributed by atoms with van der Waals surface area (Å²) in [6.45, 7) is 8.04. The molecule has 2 amide bonds. The molecule has 0 aliphatic carbocycles. The predicted molar refractivity (Wildman–Crippen MR) is 121 cm³/mol. The fourth-order valence-electron chi connectivity index (χ4n) is 4.20. The van der Waals surface area contributed by atoms with Crippen LogP contribution in [-0.4, -0.2) is 51.4 Å². The number of aliphatic carboxylic acids is 1. The Bertz CT molecular complexity index is 940. The van der Waals surface area contributed by atoms with Gasteiger partial charge in [0.1, 0.15) is 12.1 Å². The molecule has 1 saturated heterocycles. The van der Waals surface area contributed by atoms with Crippen molar-refractivity contribution in [3.05, 3.63) is 29.3 Å². The monoisotopic (exact) mass is 445 g/mol. The van der Waals surface area contributed by atoms with Gasteiger partial charge >= 0.3 is 5.97 Å². The summed E-state index contributed by atoms with van der Waals surface area (Å²) in [6, 6.07) is 6.47. The zero-order valence-corrected chi connectivity index (χ0v) is 19.4. The number of nitrogens with one attached hydrogen (secondary N) is 1. The van der Waals surface area contributed by atoms with Crippen molar-refractivity contribution in [3.8, 4) is 0 Å². The minimum Gasteiger partial charge on any atom is -0.480 e. The average molecular weight is 446 g/mol. The lowest BCUT2D eigenvalue weighted by Crippen LogP contribution is -2.49. The van der Waals surface area contributed by atoms with E-state index in [1.807, 2.05) is 24.3 Å². The Hall–Kier alpha value is -2.48. The molecule has 8 heteroatoms. The molecule has 2 aromatic rings. The number of amides is 2. The van der Waals surface area contributed by atoms with Crippen LogP contribution in [0.4, 0.5) is 0 Å². The highest BCUT2D eigenvalue weighted by Crippen LogP contribution is 2.34. The van der Waals surface area contributed by atoms with Gasteiger partial charge in [-0.3, -0.25) is 9.59 Å². The maximum atomic E-state index is 12.8. The van der Waals surface area contributed by atoms with Crippen molar-refractivity contribution in [1.82, 2.24) is 15.2 Å². The van der Waals surface area contributed by atoms with Crippen LogP contribution < -0.4 is 5.32 Å². The number of carbonyl (C=O) groups is 3. The maximum absolute atomic E-state index is 12.8. The van der Waals surface area contributed by atoms with E-state index in [9.17, 15) is 19.5 Å². The summed E-state index contributed by atoms with van der Waals surface area (Å²) in [7, 11) is 0. The van der Waals surface area contributed by atoms with Crippen LogP contribution in [0.2, 0.25) is 0 Å². The third-order valence-electron chi connectivity index (χ3n) is 6.15. The number of carboxylic acids is 1. The molecule has 168 valence electrons. The summed E-state index contributed by atoms with van der Waals surface area (Å²) in [4.78, 5) is 43.2. The van der Waals surface area contributed by atoms with Gasteiger partial charge in [-0.1, -0.05) is 39.8 Å². The van der Waals surface area contributed by atoms with Crippen LogP contribution in [0.25, 0.3) is 10.2 Å². The van der Waals surface area contributed by atoms with Crippen molar-refractivity contribution in [2.75, 3.05) is 6.54 Å². The highest BCUT2D eigenvalue weighted by Gasteiger charge is 2.41. The van der Waals surface area contributed by atoms with Crippen molar-refractivity contribution in [2.24, 2.45) is 11.3 Å². The van der Waals surface area contributed by atoms with Crippen LogP contribution >= 0.6 is 11.3 Å². The summed E-state index contributed by atoms with van der Waals surface area (Å²) < 4.78 is 1.13. The molecule has 2 heterocycles. The number of nitrogens with zero attached hydrogens (tertiary/aromatic N) is 2. The molecule has 1 fully saturated rings. The van der Waals surface area contributed by atoms with Crippen molar-refractivity contribution in [3.63, 3.8) is 0 Å². The first-order valence-corrected chi connectivity index (χ1v) is 11.6. The summed E-state index contributed by atoms with van der Waals surface area (Å²) in [6.07, 6.45) is 2.21. The Labute approximate surface area is 186 Å².